The van der Waals surface area contributed by atoms with Gasteiger partial charge in [-0.05, 0) is 19.4 Å². The summed E-state index contributed by atoms with van der Waals surface area (Å²) in [5.41, 5.74) is 0.918. The van der Waals surface area contributed by atoms with E-state index in [9.17, 15) is 18.3 Å². The number of aromatic amines is 1. The first-order chi connectivity index (χ1) is 9.70. The summed E-state index contributed by atoms with van der Waals surface area (Å²) in [6, 6.07) is 7.04. The van der Waals surface area contributed by atoms with Crippen LogP contribution in [-0.4, -0.2) is 29.7 Å². The molecule has 1 aromatic carbocycles. The van der Waals surface area contributed by atoms with Gasteiger partial charge in [0.1, 0.15) is 16.6 Å². The predicted molar refractivity (Wildman–Crippen MR) is 80.0 cm³/mol. The fourth-order valence-electron chi connectivity index (χ4n) is 1.93. The number of aromatic hydroxyl groups is 1. The summed E-state index contributed by atoms with van der Waals surface area (Å²) in [7, 11) is -3.42. The second-order valence-electron chi connectivity index (χ2n) is 4.99. The molecular weight excluding hydrogens is 292 g/mol. The molecule has 0 saturated heterocycles. The van der Waals surface area contributed by atoms with Crippen molar-refractivity contribution in [2.75, 3.05) is 6.26 Å². The Morgan fingerprint density at radius 3 is 2.52 bits per heavy atom. The smallest absolute Gasteiger partial charge is 0.262 e. The van der Waals surface area contributed by atoms with Crippen LogP contribution >= 0.6 is 0 Å². The van der Waals surface area contributed by atoms with Gasteiger partial charge in [0.2, 0.25) is 5.88 Å². The van der Waals surface area contributed by atoms with Crippen molar-refractivity contribution in [3.8, 4) is 17.0 Å². The van der Waals surface area contributed by atoms with E-state index in [2.05, 4.69) is 9.97 Å². The van der Waals surface area contributed by atoms with Crippen molar-refractivity contribution in [3.05, 3.63) is 46.0 Å². The molecule has 112 valence electrons. The van der Waals surface area contributed by atoms with Crippen molar-refractivity contribution in [2.45, 2.75) is 19.1 Å². The van der Waals surface area contributed by atoms with Crippen molar-refractivity contribution in [2.24, 2.45) is 0 Å². The van der Waals surface area contributed by atoms with Crippen LogP contribution in [0.15, 0.2) is 29.1 Å². The summed E-state index contributed by atoms with van der Waals surface area (Å²) in [5.74, 6) is -0.550. The molecule has 0 spiro atoms. The largest absolute Gasteiger partial charge is 0.493 e. The molecule has 2 aromatic rings. The number of nitrogens with zero attached hydrogens (tertiary/aromatic N) is 1. The maximum absolute atomic E-state index is 12.2. The van der Waals surface area contributed by atoms with E-state index in [0.29, 0.717) is 5.56 Å². The zero-order valence-corrected chi connectivity index (χ0v) is 12.7. The molecule has 0 bridgehead atoms. The summed E-state index contributed by atoms with van der Waals surface area (Å²) < 4.78 is 23.0. The van der Waals surface area contributed by atoms with Crippen LogP contribution in [0.1, 0.15) is 23.6 Å². The van der Waals surface area contributed by atoms with Gasteiger partial charge >= 0.3 is 0 Å². The molecule has 0 radical (unpaired) electrons. The predicted octanol–water partition coefficient (Wildman–Crippen LogP) is 1.56. The Morgan fingerprint density at radius 1 is 1.33 bits per heavy atom. The molecule has 1 atom stereocenters. The van der Waals surface area contributed by atoms with Crippen LogP contribution in [0.5, 0.6) is 5.88 Å². The lowest BCUT2D eigenvalue weighted by atomic mass is 10.1. The third-order valence-electron chi connectivity index (χ3n) is 3.25. The fourth-order valence-corrected chi connectivity index (χ4v) is 2.45. The molecule has 0 fully saturated rings. The molecule has 0 aliphatic carbocycles. The summed E-state index contributed by atoms with van der Waals surface area (Å²) in [4.78, 5) is 18.4. The number of hydrogen-bond acceptors (Lipinski definition) is 5. The molecule has 1 heterocycles. The van der Waals surface area contributed by atoms with Crippen molar-refractivity contribution in [3.63, 3.8) is 0 Å². The number of benzene rings is 1. The summed E-state index contributed by atoms with van der Waals surface area (Å²) >= 11 is 0. The first-order valence-electron chi connectivity index (χ1n) is 6.29. The van der Waals surface area contributed by atoms with Gasteiger partial charge in [0, 0.05) is 6.26 Å². The van der Waals surface area contributed by atoms with Gasteiger partial charge in [0.15, 0.2) is 9.84 Å². The lowest BCUT2D eigenvalue weighted by molar-refractivity contribution is 0.449. The molecule has 2 rings (SSSR count). The van der Waals surface area contributed by atoms with Crippen LogP contribution in [0.3, 0.4) is 0 Å². The van der Waals surface area contributed by atoms with Gasteiger partial charge in [0.05, 0.1) is 0 Å². The van der Waals surface area contributed by atoms with E-state index < -0.39 is 26.5 Å². The molecule has 2 N–H and O–H groups in total. The van der Waals surface area contributed by atoms with E-state index in [4.69, 9.17) is 0 Å². The molecule has 0 aliphatic heterocycles. The molecule has 0 amide bonds. The van der Waals surface area contributed by atoms with Crippen LogP contribution in [0.4, 0.5) is 0 Å². The molecule has 1 aromatic heterocycles. The average Bonchev–Trinajstić information content (AvgIpc) is 2.36. The Bertz CT molecular complexity index is 840. The molecule has 21 heavy (non-hydrogen) atoms. The lowest BCUT2D eigenvalue weighted by Gasteiger charge is -2.11. The number of sulfone groups is 1. The number of hydrogen-bond donors (Lipinski definition) is 2. The quantitative estimate of drug-likeness (QED) is 0.896. The molecule has 6 nitrogen and oxygen atoms in total. The number of H-pyrrole nitrogens is 1. The van der Waals surface area contributed by atoms with E-state index >= 15 is 0 Å². The Hall–Kier alpha value is -2.15. The van der Waals surface area contributed by atoms with Crippen LogP contribution < -0.4 is 5.56 Å². The molecule has 0 saturated carbocycles. The second kappa shape index (κ2) is 5.33. The molecule has 0 aliphatic rings. The minimum absolute atomic E-state index is 0.0307. The van der Waals surface area contributed by atoms with Gasteiger partial charge in [-0.3, -0.25) is 4.79 Å². The summed E-state index contributed by atoms with van der Waals surface area (Å²) in [5, 5.41) is 9.01. The van der Waals surface area contributed by atoms with Gasteiger partial charge in [-0.1, -0.05) is 29.8 Å². The van der Waals surface area contributed by atoms with Crippen molar-refractivity contribution < 1.29 is 13.5 Å². The Balaban J connectivity index is 2.61. The first-order valence-corrected chi connectivity index (χ1v) is 8.24. The van der Waals surface area contributed by atoms with Gasteiger partial charge in [-0.2, -0.15) is 4.98 Å². The monoisotopic (exact) mass is 308 g/mol. The van der Waals surface area contributed by atoms with Gasteiger partial charge in [-0.25, -0.2) is 8.42 Å². The van der Waals surface area contributed by atoms with E-state index in [1.54, 1.807) is 18.2 Å². The van der Waals surface area contributed by atoms with Gasteiger partial charge in [0.25, 0.3) is 5.56 Å². The Labute approximate surface area is 122 Å². The topological polar surface area (TPSA) is 100 Å². The minimum Gasteiger partial charge on any atom is -0.493 e. The number of aryl methyl sites for hydroxylation is 1. The van der Waals surface area contributed by atoms with Crippen LogP contribution in [0.25, 0.3) is 11.1 Å². The highest BCUT2D eigenvalue weighted by Gasteiger charge is 2.22. The lowest BCUT2D eigenvalue weighted by Crippen LogP contribution is -2.19. The number of aromatic nitrogens is 2. The van der Waals surface area contributed by atoms with Crippen molar-refractivity contribution in [1.29, 1.82) is 0 Å². The van der Waals surface area contributed by atoms with Crippen LogP contribution in [0, 0.1) is 6.92 Å². The third kappa shape index (κ3) is 3.13. The standard InChI is InChI=1S/C14H16N2O4S/c1-8-5-4-6-10(7-8)11-13(17)15-12(16-14(11)18)9(2)21(3,19)20/h4-7,9H,1-3H3,(H2,15,16,17,18). The van der Waals surface area contributed by atoms with E-state index in [0.717, 1.165) is 11.8 Å². The normalized spacial score (nSPS) is 13.1. The first kappa shape index (κ1) is 15.2. The van der Waals surface area contributed by atoms with E-state index in [-0.39, 0.29) is 11.4 Å². The Morgan fingerprint density at radius 2 is 2.00 bits per heavy atom. The highest BCUT2D eigenvalue weighted by atomic mass is 32.2. The SMILES string of the molecule is Cc1cccc(-c2c(O)nc(C(C)S(C)(=O)=O)[nH]c2=O)c1. The maximum Gasteiger partial charge on any atom is 0.262 e. The molecular formula is C14H16N2O4S. The van der Waals surface area contributed by atoms with Crippen molar-refractivity contribution >= 4 is 9.84 Å². The molecule has 7 heteroatoms. The van der Waals surface area contributed by atoms with Crippen LogP contribution in [0.2, 0.25) is 0 Å². The summed E-state index contributed by atoms with van der Waals surface area (Å²) in [6.07, 6.45) is 1.04. The van der Waals surface area contributed by atoms with E-state index in [1.165, 1.54) is 6.92 Å². The highest BCUT2D eigenvalue weighted by molar-refractivity contribution is 7.90. The number of rotatable bonds is 3. The molecule has 1 unspecified atom stereocenters. The van der Waals surface area contributed by atoms with Crippen LogP contribution in [-0.2, 0) is 9.84 Å². The van der Waals surface area contributed by atoms with Crippen molar-refractivity contribution in [1.82, 2.24) is 9.97 Å². The zero-order chi connectivity index (χ0) is 15.8. The second-order valence-corrected chi connectivity index (χ2v) is 7.36. The third-order valence-corrected chi connectivity index (χ3v) is 4.76. The average molecular weight is 308 g/mol. The Kier molecular flexibility index (Phi) is 3.87. The maximum atomic E-state index is 12.2. The van der Waals surface area contributed by atoms with Gasteiger partial charge < -0.3 is 10.1 Å². The minimum atomic E-state index is -3.42. The zero-order valence-electron chi connectivity index (χ0n) is 11.9. The number of nitrogens with one attached hydrogen (secondary N) is 1. The van der Waals surface area contributed by atoms with Gasteiger partial charge in [-0.15, -0.1) is 0 Å². The van der Waals surface area contributed by atoms with E-state index in [1.807, 2.05) is 13.0 Å². The highest BCUT2D eigenvalue weighted by Crippen LogP contribution is 2.26. The summed E-state index contributed by atoms with van der Waals surface area (Å²) in [6.45, 7) is 3.27. The fraction of sp³-hybridized carbons (Fsp3) is 0.286.